The van der Waals surface area contributed by atoms with Crippen molar-refractivity contribution < 1.29 is 4.79 Å². The van der Waals surface area contributed by atoms with E-state index in [2.05, 4.69) is 45.4 Å². The average Bonchev–Trinajstić information content (AvgIpc) is 2.67. The zero-order valence-corrected chi connectivity index (χ0v) is 16.0. The van der Waals surface area contributed by atoms with E-state index >= 15 is 0 Å². The number of nitrogens with zero attached hydrogens (tertiary/aromatic N) is 3. The van der Waals surface area contributed by atoms with Crippen molar-refractivity contribution in [1.82, 2.24) is 15.1 Å². The molecule has 2 aliphatic heterocycles. The van der Waals surface area contributed by atoms with Crippen LogP contribution in [-0.4, -0.2) is 75.1 Å². The molecule has 2 aliphatic rings. The number of rotatable bonds is 5. The number of amides is 1. The molecule has 6 heteroatoms. The van der Waals surface area contributed by atoms with Gasteiger partial charge in [0.1, 0.15) is 0 Å². The van der Waals surface area contributed by atoms with Crippen LogP contribution in [0.2, 0.25) is 0 Å². The van der Waals surface area contributed by atoms with E-state index in [1.165, 1.54) is 5.69 Å². The number of hydrogen-bond donors (Lipinski definition) is 1. The number of piperidine rings is 1. The molecule has 0 unspecified atom stereocenters. The number of carbonyl (C=O) groups excluding carboxylic acids is 1. The molecule has 0 aromatic heterocycles. The number of carbonyl (C=O) groups is 1. The first-order chi connectivity index (χ1) is 11.7. The summed E-state index contributed by atoms with van der Waals surface area (Å²) in [5.41, 5.74) is 1.32. The van der Waals surface area contributed by atoms with Gasteiger partial charge in [0.2, 0.25) is 5.91 Å². The van der Waals surface area contributed by atoms with Crippen molar-refractivity contribution in [1.29, 1.82) is 0 Å². The van der Waals surface area contributed by atoms with Crippen LogP contribution in [0.4, 0.5) is 5.69 Å². The average molecular weight is 367 g/mol. The molecule has 0 bridgehead atoms. The van der Waals surface area contributed by atoms with Gasteiger partial charge in [-0.15, -0.1) is 12.4 Å². The smallest absolute Gasteiger partial charge is 0.225 e. The van der Waals surface area contributed by atoms with Crippen LogP contribution < -0.4 is 10.2 Å². The van der Waals surface area contributed by atoms with E-state index in [0.29, 0.717) is 5.91 Å². The van der Waals surface area contributed by atoms with E-state index in [-0.39, 0.29) is 18.3 Å². The fraction of sp³-hybridized carbons (Fsp3) is 0.632. The van der Waals surface area contributed by atoms with Crippen LogP contribution in [-0.2, 0) is 4.79 Å². The van der Waals surface area contributed by atoms with Crippen LogP contribution in [0.5, 0.6) is 0 Å². The van der Waals surface area contributed by atoms with Gasteiger partial charge in [0.25, 0.3) is 0 Å². The molecule has 0 aliphatic carbocycles. The van der Waals surface area contributed by atoms with Gasteiger partial charge in [-0.3, -0.25) is 9.69 Å². The largest absolute Gasteiger partial charge is 0.369 e. The SMILES string of the molecule is CN(CCN1CCN(c2ccccc2)CC1)C(=O)C1CCNCC1.Cl. The molecule has 2 saturated heterocycles. The predicted molar refractivity (Wildman–Crippen MR) is 106 cm³/mol. The summed E-state index contributed by atoms with van der Waals surface area (Å²) in [5, 5.41) is 3.33. The van der Waals surface area contributed by atoms with Gasteiger partial charge < -0.3 is 15.1 Å². The summed E-state index contributed by atoms with van der Waals surface area (Å²) in [5.74, 6) is 0.561. The number of likely N-dealkylation sites (N-methyl/N-ethyl adjacent to an activating group) is 1. The van der Waals surface area contributed by atoms with Crippen molar-refractivity contribution in [3.8, 4) is 0 Å². The summed E-state index contributed by atoms with van der Waals surface area (Å²) in [7, 11) is 1.96. The van der Waals surface area contributed by atoms with Crippen molar-refractivity contribution in [2.45, 2.75) is 12.8 Å². The lowest BCUT2D eigenvalue weighted by atomic mass is 9.97. The summed E-state index contributed by atoms with van der Waals surface area (Å²) < 4.78 is 0. The van der Waals surface area contributed by atoms with Gasteiger partial charge in [0.05, 0.1) is 0 Å². The number of anilines is 1. The van der Waals surface area contributed by atoms with E-state index in [9.17, 15) is 4.79 Å². The Kier molecular flexibility index (Phi) is 8.00. The summed E-state index contributed by atoms with van der Waals surface area (Å²) in [4.78, 5) is 19.3. The molecule has 1 amide bonds. The highest BCUT2D eigenvalue weighted by Crippen LogP contribution is 2.16. The molecule has 5 nitrogen and oxygen atoms in total. The lowest BCUT2D eigenvalue weighted by Crippen LogP contribution is -2.49. The van der Waals surface area contributed by atoms with Gasteiger partial charge in [-0.05, 0) is 38.1 Å². The molecule has 140 valence electrons. The number of nitrogens with one attached hydrogen (secondary N) is 1. The maximum Gasteiger partial charge on any atom is 0.225 e. The molecule has 25 heavy (non-hydrogen) atoms. The molecule has 0 spiro atoms. The van der Waals surface area contributed by atoms with E-state index in [1.54, 1.807) is 0 Å². The Morgan fingerprint density at radius 2 is 1.76 bits per heavy atom. The Morgan fingerprint density at radius 3 is 2.40 bits per heavy atom. The Hall–Kier alpha value is -1.30. The molecular formula is C19H31ClN4O. The van der Waals surface area contributed by atoms with Crippen LogP contribution in [0.3, 0.4) is 0 Å². The Morgan fingerprint density at radius 1 is 1.12 bits per heavy atom. The Balaban J connectivity index is 0.00000225. The summed E-state index contributed by atoms with van der Waals surface area (Å²) in [6.45, 7) is 8.06. The molecule has 0 atom stereocenters. The first kappa shape index (κ1) is 20.0. The number of benzene rings is 1. The second kappa shape index (κ2) is 10.00. The zero-order valence-electron chi connectivity index (χ0n) is 15.2. The van der Waals surface area contributed by atoms with E-state index in [0.717, 1.165) is 65.2 Å². The van der Waals surface area contributed by atoms with Crippen LogP contribution >= 0.6 is 12.4 Å². The number of para-hydroxylation sites is 1. The molecule has 0 radical (unpaired) electrons. The van der Waals surface area contributed by atoms with Crippen molar-refractivity contribution in [3.63, 3.8) is 0 Å². The molecule has 1 aromatic rings. The topological polar surface area (TPSA) is 38.8 Å². The monoisotopic (exact) mass is 366 g/mol. The van der Waals surface area contributed by atoms with Crippen LogP contribution in [0.25, 0.3) is 0 Å². The van der Waals surface area contributed by atoms with Crippen molar-refractivity contribution >= 4 is 24.0 Å². The lowest BCUT2D eigenvalue weighted by molar-refractivity contribution is -0.135. The normalized spacial score (nSPS) is 19.3. The minimum atomic E-state index is 0. The summed E-state index contributed by atoms with van der Waals surface area (Å²) in [6, 6.07) is 10.6. The fourth-order valence-corrected chi connectivity index (χ4v) is 3.65. The number of piperazine rings is 1. The van der Waals surface area contributed by atoms with Gasteiger partial charge >= 0.3 is 0 Å². The third kappa shape index (κ3) is 5.59. The molecule has 0 saturated carbocycles. The highest BCUT2D eigenvalue weighted by Gasteiger charge is 2.24. The summed E-state index contributed by atoms with van der Waals surface area (Å²) >= 11 is 0. The van der Waals surface area contributed by atoms with Gasteiger partial charge in [-0.2, -0.15) is 0 Å². The predicted octanol–water partition coefficient (Wildman–Crippen LogP) is 1.69. The standard InChI is InChI=1S/C19H30N4O.ClH/c1-21(19(24)17-7-9-20-10-8-17)11-12-22-13-15-23(16-14-22)18-5-3-2-4-6-18;/h2-6,17,20H,7-16H2,1H3;1H. The van der Waals surface area contributed by atoms with Gasteiger partial charge in [0, 0.05) is 57.9 Å². The van der Waals surface area contributed by atoms with Gasteiger partial charge in [0.15, 0.2) is 0 Å². The molecule has 1 N–H and O–H groups in total. The minimum Gasteiger partial charge on any atom is -0.369 e. The third-order valence-corrected chi connectivity index (χ3v) is 5.31. The quantitative estimate of drug-likeness (QED) is 0.860. The third-order valence-electron chi connectivity index (χ3n) is 5.31. The first-order valence-corrected chi connectivity index (χ1v) is 9.22. The van der Waals surface area contributed by atoms with Gasteiger partial charge in [-0.1, -0.05) is 18.2 Å². The highest BCUT2D eigenvalue weighted by atomic mass is 35.5. The number of halogens is 1. The molecule has 2 heterocycles. The zero-order chi connectivity index (χ0) is 16.8. The Labute approximate surface area is 157 Å². The molecule has 1 aromatic carbocycles. The summed E-state index contributed by atoms with van der Waals surface area (Å²) in [6.07, 6.45) is 1.97. The maximum absolute atomic E-state index is 12.5. The van der Waals surface area contributed by atoms with Crippen molar-refractivity contribution in [2.75, 3.05) is 64.3 Å². The number of hydrogen-bond acceptors (Lipinski definition) is 4. The van der Waals surface area contributed by atoms with Crippen LogP contribution in [0, 0.1) is 5.92 Å². The fourth-order valence-electron chi connectivity index (χ4n) is 3.65. The van der Waals surface area contributed by atoms with Crippen molar-refractivity contribution in [2.24, 2.45) is 5.92 Å². The maximum atomic E-state index is 12.5. The molecule has 2 fully saturated rings. The van der Waals surface area contributed by atoms with Crippen molar-refractivity contribution in [3.05, 3.63) is 30.3 Å². The van der Waals surface area contributed by atoms with Crippen LogP contribution in [0.1, 0.15) is 12.8 Å². The van der Waals surface area contributed by atoms with Gasteiger partial charge in [-0.25, -0.2) is 0 Å². The molecule has 3 rings (SSSR count). The second-order valence-electron chi connectivity index (χ2n) is 6.95. The van der Waals surface area contributed by atoms with E-state index < -0.39 is 0 Å². The van der Waals surface area contributed by atoms with Crippen LogP contribution in [0.15, 0.2) is 30.3 Å². The lowest BCUT2D eigenvalue weighted by Gasteiger charge is -2.37. The first-order valence-electron chi connectivity index (χ1n) is 9.22. The molecular weight excluding hydrogens is 336 g/mol. The Bertz CT molecular complexity index is 513. The second-order valence-corrected chi connectivity index (χ2v) is 6.95. The minimum absolute atomic E-state index is 0. The van der Waals surface area contributed by atoms with E-state index in [1.807, 2.05) is 11.9 Å². The highest BCUT2D eigenvalue weighted by molar-refractivity contribution is 5.85. The van der Waals surface area contributed by atoms with E-state index in [4.69, 9.17) is 0 Å².